The molecular weight excluding hydrogens is 236 g/mol. The molecule has 0 aliphatic heterocycles. The number of sulfone groups is 1. The van der Waals surface area contributed by atoms with E-state index in [0.717, 1.165) is 6.26 Å². The van der Waals surface area contributed by atoms with E-state index in [9.17, 15) is 17.2 Å². The second-order valence-corrected chi connectivity index (χ2v) is 5.59. The maximum absolute atomic E-state index is 12.1. The molecule has 0 amide bonds. The van der Waals surface area contributed by atoms with Crippen LogP contribution in [0, 0.1) is 0 Å². The lowest BCUT2D eigenvalue weighted by Gasteiger charge is -2.11. The molecule has 0 heterocycles. The van der Waals surface area contributed by atoms with Crippen molar-refractivity contribution in [3.05, 3.63) is 29.8 Å². The van der Waals surface area contributed by atoms with Crippen molar-refractivity contribution in [3.8, 4) is 0 Å². The van der Waals surface area contributed by atoms with Crippen LogP contribution in [-0.2, 0) is 9.84 Å². The third kappa shape index (κ3) is 3.53. The van der Waals surface area contributed by atoms with Gasteiger partial charge in [-0.05, 0) is 17.7 Å². The van der Waals surface area contributed by atoms with Gasteiger partial charge in [-0.1, -0.05) is 12.1 Å². The van der Waals surface area contributed by atoms with E-state index in [2.05, 4.69) is 0 Å². The second kappa shape index (κ2) is 4.88. The smallest absolute Gasteiger partial charge is 0.240 e. The van der Waals surface area contributed by atoms with E-state index in [-0.39, 0.29) is 4.90 Å². The van der Waals surface area contributed by atoms with Gasteiger partial charge >= 0.3 is 0 Å². The molecule has 0 aromatic heterocycles. The van der Waals surface area contributed by atoms with Crippen molar-refractivity contribution in [1.29, 1.82) is 0 Å². The van der Waals surface area contributed by atoms with Crippen LogP contribution in [0.15, 0.2) is 29.2 Å². The van der Waals surface area contributed by atoms with Gasteiger partial charge in [0.2, 0.25) is 6.43 Å². The number of rotatable bonds is 4. The van der Waals surface area contributed by atoms with E-state index in [4.69, 9.17) is 5.73 Å². The average Bonchev–Trinajstić information content (AvgIpc) is 2.15. The Labute approximate surface area is 93.2 Å². The van der Waals surface area contributed by atoms with Crippen molar-refractivity contribution in [1.82, 2.24) is 0 Å². The first-order chi connectivity index (χ1) is 7.30. The normalized spacial score (nSPS) is 14.1. The highest BCUT2D eigenvalue weighted by molar-refractivity contribution is 7.90. The summed E-state index contributed by atoms with van der Waals surface area (Å²) in [6.07, 6.45) is -1.82. The fourth-order valence-electron chi connectivity index (χ4n) is 1.29. The molecule has 1 aromatic carbocycles. The predicted octanol–water partition coefficient (Wildman–Crippen LogP) is 1.75. The number of nitrogens with two attached hydrogens (primary N) is 1. The van der Waals surface area contributed by atoms with E-state index in [0.29, 0.717) is 5.56 Å². The molecule has 0 aliphatic rings. The molecule has 0 bridgehead atoms. The van der Waals surface area contributed by atoms with E-state index < -0.39 is 28.7 Å². The van der Waals surface area contributed by atoms with Crippen molar-refractivity contribution in [2.75, 3.05) is 6.26 Å². The lowest BCUT2D eigenvalue weighted by Crippen LogP contribution is -2.14. The summed E-state index contributed by atoms with van der Waals surface area (Å²) >= 11 is 0. The summed E-state index contributed by atoms with van der Waals surface area (Å²) in [5.41, 5.74) is 6.03. The predicted molar refractivity (Wildman–Crippen MR) is 57.1 cm³/mol. The molecule has 1 atom stereocenters. The number of benzene rings is 1. The van der Waals surface area contributed by atoms with Crippen molar-refractivity contribution < 1.29 is 17.2 Å². The maximum atomic E-state index is 12.1. The Morgan fingerprint density at radius 2 is 1.75 bits per heavy atom. The summed E-state index contributed by atoms with van der Waals surface area (Å²) < 4.78 is 46.4. The molecule has 1 rings (SSSR count). The monoisotopic (exact) mass is 249 g/mol. The van der Waals surface area contributed by atoms with Crippen LogP contribution < -0.4 is 5.73 Å². The van der Waals surface area contributed by atoms with Gasteiger partial charge in [-0.3, -0.25) is 0 Å². The van der Waals surface area contributed by atoms with Crippen LogP contribution in [0.5, 0.6) is 0 Å². The minimum Gasteiger partial charge on any atom is -0.324 e. The first-order valence-corrected chi connectivity index (χ1v) is 6.53. The van der Waals surface area contributed by atoms with Gasteiger partial charge in [0.05, 0.1) is 4.90 Å². The standard InChI is InChI=1S/C10H13F2NO2S/c1-16(14,15)8-4-2-7(3-5-8)9(13)6-10(11)12/h2-5,9-10H,6,13H2,1H3/t9-/m0/s1. The molecule has 0 radical (unpaired) electrons. The quantitative estimate of drug-likeness (QED) is 0.884. The van der Waals surface area contributed by atoms with Gasteiger partial charge in [0.1, 0.15) is 0 Å². The Hall–Kier alpha value is -1.01. The Kier molecular flexibility index (Phi) is 3.98. The summed E-state index contributed by atoms with van der Waals surface area (Å²) in [5.74, 6) is 0. The molecule has 3 nitrogen and oxygen atoms in total. The number of halogens is 2. The number of hydrogen-bond acceptors (Lipinski definition) is 3. The van der Waals surface area contributed by atoms with Crippen LogP contribution in [0.2, 0.25) is 0 Å². The summed E-state index contributed by atoms with van der Waals surface area (Å²) in [6.45, 7) is 0. The lowest BCUT2D eigenvalue weighted by atomic mass is 10.1. The van der Waals surface area contributed by atoms with Gasteiger partial charge < -0.3 is 5.73 Å². The zero-order chi connectivity index (χ0) is 12.3. The van der Waals surface area contributed by atoms with E-state index in [1.165, 1.54) is 24.3 Å². The lowest BCUT2D eigenvalue weighted by molar-refractivity contribution is 0.128. The third-order valence-electron chi connectivity index (χ3n) is 2.17. The topological polar surface area (TPSA) is 60.2 Å². The van der Waals surface area contributed by atoms with Gasteiger partial charge in [-0.25, -0.2) is 17.2 Å². The van der Waals surface area contributed by atoms with Gasteiger partial charge in [-0.15, -0.1) is 0 Å². The summed E-state index contributed by atoms with van der Waals surface area (Å²) in [6, 6.07) is 4.90. The maximum Gasteiger partial charge on any atom is 0.240 e. The number of hydrogen-bond donors (Lipinski definition) is 1. The molecule has 16 heavy (non-hydrogen) atoms. The summed E-state index contributed by atoms with van der Waals surface area (Å²) in [5, 5.41) is 0. The zero-order valence-electron chi connectivity index (χ0n) is 8.73. The molecule has 0 saturated carbocycles. The third-order valence-corrected chi connectivity index (χ3v) is 3.30. The SMILES string of the molecule is CS(=O)(=O)c1ccc([C@@H](N)CC(F)F)cc1. The Morgan fingerprint density at radius 3 is 2.12 bits per heavy atom. The first-order valence-electron chi connectivity index (χ1n) is 4.64. The van der Waals surface area contributed by atoms with Crippen LogP contribution in [0.3, 0.4) is 0 Å². The highest BCUT2D eigenvalue weighted by atomic mass is 32.2. The first kappa shape index (κ1) is 13.1. The molecule has 0 unspecified atom stereocenters. The fraction of sp³-hybridized carbons (Fsp3) is 0.400. The summed E-state index contributed by atoms with van der Waals surface area (Å²) in [4.78, 5) is 0.153. The number of alkyl halides is 2. The van der Waals surface area contributed by atoms with Crippen LogP contribution in [0.25, 0.3) is 0 Å². The van der Waals surface area contributed by atoms with Crippen molar-refractivity contribution in [2.45, 2.75) is 23.8 Å². The highest BCUT2D eigenvalue weighted by Gasteiger charge is 2.14. The largest absolute Gasteiger partial charge is 0.324 e. The highest BCUT2D eigenvalue weighted by Crippen LogP contribution is 2.19. The van der Waals surface area contributed by atoms with E-state index in [1.807, 2.05) is 0 Å². The molecule has 2 N–H and O–H groups in total. The van der Waals surface area contributed by atoms with Crippen LogP contribution in [0.4, 0.5) is 8.78 Å². The van der Waals surface area contributed by atoms with Crippen LogP contribution in [-0.4, -0.2) is 21.1 Å². The summed E-state index contributed by atoms with van der Waals surface area (Å²) in [7, 11) is -3.26. The van der Waals surface area contributed by atoms with Crippen molar-refractivity contribution >= 4 is 9.84 Å². The Balaban J connectivity index is 2.87. The molecule has 0 saturated heterocycles. The Bertz CT molecular complexity index is 442. The molecule has 1 aromatic rings. The average molecular weight is 249 g/mol. The van der Waals surface area contributed by atoms with Crippen LogP contribution in [0.1, 0.15) is 18.0 Å². The van der Waals surface area contributed by atoms with E-state index in [1.54, 1.807) is 0 Å². The molecule has 0 aliphatic carbocycles. The molecule has 6 heteroatoms. The van der Waals surface area contributed by atoms with Gasteiger partial charge in [-0.2, -0.15) is 0 Å². The van der Waals surface area contributed by atoms with Gasteiger partial charge in [0.15, 0.2) is 9.84 Å². The minimum absolute atomic E-state index is 0.153. The molecule has 90 valence electrons. The van der Waals surface area contributed by atoms with Crippen molar-refractivity contribution in [2.24, 2.45) is 5.73 Å². The van der Waals surface area contributed by atoms with Gasteiger partial charge in [0.25, 0.3) is 0 Å². The minimum atomic E-state index is -3.26. The second-order valence-electron chi connectivity index (χ2n) is 3.57. The molecule has 0 fully saturated rings. The fourth-order valence-corrected chi connectivity index (χ4v) is 1.92. The van der Waals surface area contributed by atoms with Gasteiger partial charge in [0, 0.05) is 18.7 Å². The molecule has 0 spiro atoms. The Morgan fingerprint density at radius 1 is 1.25 bits per heavy atom. The van der Waals surface area contributed by atoms with Crippen molar-refractivity contribution in [3.63, 3.8) is 0 Å². The van der Waals surface area contributed by atoms with E-state index >= 15 is 0 Å². The molecular formula is C10H13F2NO2S. The van der Waals surface area contributed by atoms with Crippen LogP contribution >= 0.6 is 0 Å². The zero-order valence-corrected chi connectivity index (χ0v) is 9.55.